The van der Waals surface area contributed by atoms with E-state index in [9.17, 15) is 0 Å². The van der Waals surface area contributed by atoms with Crippen LogP contribution in [0, 0.1) is 6.92 Å². The molecular formula is C12H13BrClN. The zero-order valence-electron chi connectivity index (χ0n) is 9.01. The fraction of sp³-hybridized carbons (Fsp3) is 0.333. The smallest absolute Gasteiger partial charge is 0.113 e. The van der Waals surface area contributed by atoms with Crippen molar-refractivity contribution in [3.05, 3.63) is 33.4 Å². The van der Waals surface area contributed by atoms with Gasteiger partial charge in [-0.05, 0) is 38.5 Å². The van der Waals surface area contributed by atoms with Gasteiger partial charge in [0.05, 0.1) is 5.52 Å². The van der Waals surface area contributed by atoms with E-state index < -0.39 is 0 Å². The molecule has 0 bridgehead atoms. The number of aromatic nitrogens is 1. The van der Waals surface area contributed by atoms with Gasteiger partial charge in [0, 0.05) is 15.9 Å². The normalized spacial score (nSPS) is 11.6. The zero-order valence-corrected chi connectivity index (χ0v) is 11.4. The molecule has 1 nitrogen and oxygen atoms in total. The van der Waals surface area contributed by atoms with Crippen LogP contribution < -0.4 is 0 Å². The summed E-state index contributed by atoms with van der Waals surface area (Å²) in [5.74, 6) is 0. The fourth-order valence-corrected chi connectivity index (χ4v) is 3.01. The van der Waals surface area contributed by atoms with Gasteiger partial charge in [0.15, 0.2) is 0 Å². The second kappa shape index (κ2) is 3.84. The average molecular weight is 287 g/mol. The van der Waals surface area contributed by atoms with Crippen LogP contribution in [0.5, 0.6) is 0 Å². The minimum absolute atomic E-state index is 0.378. The minimum atomic E-state index is 0.378. The molecule has 80 valence electrons. The monoisotopic (exact) mass is 285 g/mol. The van der Waals surface area contributed by atoms with Crippen LogP contribution in [0.2, 0.25) is 5.15 Å². The van der Waals surface area contributed by atoms with Gasteiger partial charge in [0.2, 0.25) is 0 Å². The molecule has 0 saturated heterocycles. The van der Waals surface area contributed by atoms with Gasteiger partial charge in [-0.15, -0.1) is 0 Å². The number of rotatable bonds is 1. The standard InChI is InChI=1S/C12H13BrClN/c1-7(2)15-10-6-4-5-9(13)11(10)8(3)12(15)14/h4-7H,1-3H3. The highest BCUT2D eigenvalue weighted by Gasteiger charge is 2.15. The Balaban J connectivity index is 2.94. The van der Waals surface area contributed by atoms with E-state index in [1.165, 1.54) is 10.9 Å². The first-order valence-electron chi connectivity index (χ1n) is 4.98. The number of hydrogen-bond donors (Lipinski definition) is 0. The lowest BCUT2D eigenvalue weighted by molar-refractivity contribution is 0.622. The van der Waals surface area contributed by atoms with Crippen molar-refractivity contribution in [3.8, 4) is 0 Å². The van der Waals surface area contributed by atoms with Crippen molar-refractivity contribution in [2.75, 3.05) is 0 Å². The summed E-state index contributed by atoms with van der Waals surface area (Å²) in [6.07, 6.45) is 0. The molecule has 0 saturated carbocycles. The molecule has 1 aromatic heterocycles. The molecule has 0 aliphatic carbocycles. The van der Waals surface area contributed by atoms with Crippen molar-refractivity contribution < 1.29 is 0 Å². The molecule has 15 heavy (non-hydrogen) atoms. The number of fused-ring (bicyclic) bond motifs is 1. The van der Waals surface area contributed by atoms with E-state index in [-0.39, 0.29) is 0 Å². The van der Waals surface area contributed by atoms with Crippen molar-refractivity contribution in [2.24, 2.45) is 0 Å². The predicted molar refractivity (Wildman–Crippen MR) is 69.8 cm³/mol. The van der Waals surface area contributed by atoms with Gasteiger partial charge in [0.1, 0.15) is 5.15 Å². The summed E-state index contributed by atoms with van der Waals surface area (Å²) in [6, 6.07) is 6.58. The summed E-state index contributed by atoms with van der Waals surface area (Å²) < 4.78 is 3.27. The van der Waals surface area contributed by atoms with Gasteiger partial charge in [-0.25, -0.2) is 0 Å². The van der Waals surface area contributed by atoms with Gasteiger partial charge in [-0.2, -0.15) is 0 Å². The molecule has 1 heterocycles. The molecule has 1 aromatic carbocycles. The van der Waals surface area contributed by atoms with Gasteiger partial charge in [0.25, 0.3) is 0 Å². The number of benzene rings is 1. The largest absolute Gasteiger partial charge is 0.329 e. The van der Waals surface area contributed by atoms with Crippen LogP contribution in [0.15, 0.2) is 22.7 Å². The Morgan fingerprint density at radius 1 is 1.33 bits per heavy atom. The fourth-order valence-electron chi connectivity index (χ4n) is 1.98. The van der Waals surface area contributed by atoms with Gasteiger partial charge in [-0.3, -0.25) is 0 Å². The maximum atomic E-state index is 6.35. The Labute approximate surface area is 103 Å². The Morgan fingerprint density at radius 3 is 2.60 bits per heavy atom. The Hall–Kier alpha value is -0.470. The molecule has 0 aliphatic heterocycles. The lowest BCUT2D eigenvalue weighted by Crippen LogP contribution is -1.99. The molecule has 0 spiro atoms. The van der Waals surface area contributed by atoms with E-state index in [2.05, 4.69) is 53.4 Å². The summed E-state index contributed by atoms with van der Waals surface area (Å²) in [5, 5.41) is 2.06. The van der Waals surface area contributed by atoms with E-state index in [1.54, 1.807) is 0 Å². The highest BCUT2D eigenvalue weighted by molar-refractivity contribution is 9.10. The van der Waals surface area contributed by atoms with Crippen LogP contribution >= 0.6 is 27.5 Å². The van der Waals surface area contributed by atoms with Crippen LogP contribution in [0.4, 0.5) is 0 Å². The lowest BCUT2D eigenvalue weighted by atomic mass is 10.2. The maximum Gasteiger partial charge on any atom is 0.113 e. The number of halogens is 2. The van der Waals surface area contributed by atoms with E-state index in [1.807, 2.05) is 6.07 Å². The summed E-state index contributed by atoms with van der Waals surface area (Å²) >= 11 is 9.92. The minimum Gasteiger partial charge on any atom is -0.329 e. The van der Waals surface area contributed by atoms with Gasteiger partial charge < -0.3 is 4.57 Å². The third-order valence-electron chi connectivity index (χ3n) is 2.66. The maximum absolute atomic E-state index is 6.35. The Morgan fingerprint density at radius 2 is 2.00 bits per heavy atom. The van der Waals surface area contributed by atoms with E-state index in [4.69, 9.17) is 11.6 Å². The molecule has 0 amide bonds. The molecule has 2 rings (SSSR count). The first kappa shape index (κ1) is 11.0. The topological polar surface area (TPSA) is 4.93 Å². The van der Waals surface area contributed by atoms with Gasteiger partial charge >= 0.3 is 0 Å². The van der Waals surface area contributed by atoms with Crippen LogP contribution in [0.25, 0.3) is 10.9 Å². The van der Waals surface area contributed by atoms with Crippen molar-refractivity contribution in [3.63, 3.8) is 0 Å². The molecule has 0 atom stereocenters. The number of hydrogen-bond acceptors (Lipinski definition) is 0. The zero-order chi connectivity index (χ0) is 11.2. The SMILES string of the molecule is Cc1c(Cl)n(C(C)C)c2cccc(Br)c12. The molecule has 0 aliphatic rings. The van der Waals surface area contributed by atoms with E-state index in [0.717, 1.165) is 15.2 Å². The molecule has 0 fully saturated rings. The third-order valence-corrected chi connectivity index (χ3v) is 3.79. The van der Waals surface area contributed by atoms with Crippen molar-refractivity contribution in [1.29, 1.82) is 0 Å². The second-order valence-electron chi connectivity index (χ2n) is 4.01. The Kier molecular flexibility index (Phi) is 2.82. The molecule has 0 radical (unpaired) electrons. The molecule has 3 heteroatoms. The predicted octanol–water partition coefficient (Wildman–Crippen LogP) is 4.95. The summed E-state index contributed by atoms with van der Waals surface area (Å²) in [5.41, 5.74) is 2.34. The van der Waals surface area contributed by atoms with Crippen molar-refractivity contribution in [1.82, 2.24) is 4.57 Å². The van der Waals surface area contributed by atoms with Crippen LogP contribution in [0.1, 0.15) is 25.5 Å². The quantitative estimate of drug-likeness (QED) is 0.699. The van der Waals surface area contributed by atoms with E-state index in [0.29, 0.717) is 6.04 Å². The summed E-state index contributed by atoms with van der Waals surface area (Å²) in [4.78, 5) is 0. The lowest BCUT2D eigenvalue weighted by Gasteiger charge is -2.11. The first-order valence-corrected chi connectivity index (χ1v) is 6.15. The molecule has 0 unspecified atom stereocenters. The summed E-state index contributed by atoms with van der Waals surface area (Å²) in [6.45, 7) is 6.35. The average Bonchev–Trinajstić information content (AvgIpc) is 2.41. The van der Waals surface area contributed by atoms with E-state index >= 15 is 0 Å². The highest BCUT2D eigenvalue weighted by Crippen LogP contribution is 2.36. The van der Waals surface area contributed by atoms with Crippen LogP contribution in [-0.2, 0) is 0 Å². The molecule has 0 N–H and O–H groups in total. The number of aryl methyl sites for hydroxylation is 1. The first-order chi connectivity index (χ1) is 7.04. The van der Waals surface area contributed by atoms with Crippen LogP contribution in [0.3, 0.4) is 0 Å². The van der Waals surface area contributed by atoms with Crippen LogP contribution in [-0.4, -0.2) is 4.57 Å². The summed E-state index contributed by atoms with van der Waals surface area (Å²) in [7, 11) is 0. The molecular weight excluding hydrogens is 273 g/mol. The van der Waals surface area contributed by atoms with Gasteiger partial charge in [-0.1, -0.05) is 33.6 Å². The number of nitrogens with zero attached hydrogens (tertiary/aromatic N) is 1. The Bertz CT molecular complexity index is 514. The molecule has 2 aromatic rings. The highest BCUT2D eigenvalue weighted by atomic mass is 79.9. The third kappa shape index (κ3) is 1.60. The second-order valence-corrected chi connectivity index (χ2v) is 5.23. The van der Waals surface area contributed by atoms with Crippen molar-refractivity contribution in [2.45, 2.75) is 26.8 Å². The van der Waals surface area contributed by atoms with Crippen molar-refractivity contribution >= 4 is 38.4 Å².